The molecule has 22 heavy (non-hydrogen) atoms. The van der Waals surface area contributed by atoms with Crippen LogP contribution in [0.1, 0.15) is 13.0 Å². The highest BCUT2D eigenvalue weighted by Gasteiger charge is 2.16. The predicted octanol–water partition coefficient (Wildman–Crippen LogP) is 5.26. The first-order valence-electron chi connectivity index (χ1n) is 6.87. The molecule has 5 heteroatoms. The van der Waals surface area contributed by atoms with Crippen molar-refractivity contribution in [2.45, 2.75) is 13.0 Å². The van der Waals surface area contributed by atoms with Gasteiger partial charge in [0, 0.05) is 32.3 Å². The monoisotopic (exact) mass is 376 g/mol. The van der Waals surface area contributed by atoms with Crippen LogP contribution in [0, 0.1) is 0 Å². The highest BCUT2D eigenvalue weighted by Crippen LogP contribution is 2.24. The molecule has 0 saturated carbocycles. The van der Waals surface area contributed by atoms with E-state index in [0.29, 0.717) is 5.02 Å². The van der Waals surface area contributed by atoms with Crippen LogP contribution < -0.4 is 5.32 Å². The summed E-state index contributed by atoms with van der Waals surface area (Å²) in [4.78, 5) is 12.4. The number of halogens is 2. The minimum absolute atomic E-state index is 0.0669. The van der Waals surface area contributed by atoms with E-state index in [2.05, 4.69) is 21.2 Å². The lowest BCUT2D eigenvalue weighted by Gasteiger charge is -2.15. The third-order valence-electron chi connectivity index (χ3n) is 3.59. The van der Waals surface area contributed by atoms with Crippen molar-refractivity contribution in [3.8, 4) is 0 Å². The maximum absolute atomic E-state index is 12.4. The largest absolute Gasteiger partial charge is 0.335 e. The van der Waals surface area contributed by atoms with E-state index < -0.39 is 0 Å². The minimum atomic E-state index is -0.311. The molecule has 0 aliphatic carbocycles. The number of nitrogens with one attached hydrogen (secondary N) is 1. The number of amides is 1. The van der Waals surface area contributed by atoms with E-state index in [-0.39, 0.29) is 11.9 Å². The normalized spacial score (nSPS) is 12.3. The fourth-order valence-electron chi connectivity index (χ4n) is 2.38. The van der Waals surface area contributed by atoms with E-state index in [1.807, 2.05) is 42.0 Å². The smallest absolute Gasteiger partial charge is 0.247 e. The highest BCUT2D eigenvalue weighted by molar-refractivity contribution is 9.10. The zero-order valence-corrected chi connectivity index (χ0v) is 14.2. The summed E-state index contributed by atoms with van der Waals surface area (Å²) in [5.41, 5.74) is 1.77. The van der Waals surface area contributed by atoms with Gasteiger partial charge in [0.1, 0.15) is 6.04 Å². The van der Waals surface area contributed by atoms with Gasteiger partial charge in [-0.2, -0.15) is 0 Å². The van der Waals surface area contributed by atoms with Crippen molar-refractivity contribution < 1.29 is 4.79 Å². The Morgan fingerprint density at radius 3 is 2.64 bits per heavy atom. The van der Waals surface area contributed by atoms with E-state index in [1.165, 1.54) is 0 Å². The molecule has 0 aliphatic rings. The summed E-state index contributed by atoms with van der Waals surface area (Å²) < 4.78 is 2.99. The molecular weight excluding hydrogens is 364 g/mol. The van der Waals surface area contributed by atoms with Crippen LogP contribution in [0.5, 0.6) is 0 Å². The zero-order chi connectivity index (χ0) is 15.7. The Labute approximate surface area is 142 Å². The number of carbonyl (C=O) groups is 1. The summed E-state index contributed by atoms with van der Waals surface area (Å²) in [6, 6.07) is 14.8. The van der Waals surface area contributed by atoms with Crippen molar-refractivity contribution in [2.24, 2.45) is 0 Å². The molecule has 0 spiro atoms. The number of benzene rings is 2. The van der Waals surface area contributed by atoms with Crippen LogP contribution in [0.25, 0.3) is 10.9 Å². The molecule has 1 unspecified atom stereocenters. The highest BCUT2D eigenvalue weighted by atomic mass is 79.9. The number of hydrogen-bond acceptors (Lipinski definition) is 1. The molecule has 3 aromatic rings. The number of anilines is 1. The Bertz CT molecular complexity index is 826. The van der Waals surface area contributed by atoms with Gasteiger partial charge < -0.3 is 9.88 Å². The lowest BCUT2D eigenvalue weighted by molar-refractivity contribution is -0.118. The van der Waals surface area contributed by atoms with Crippen LogP contribution in [-0.4, -0.2) is 10.5 Å². The molecule has 0 saturated heterocycles. The summed E-state index contributed by atoms with van der Waals surface area (Å²) in [6.07, 6.45) is 1.93. The lowest BCUT2D eigenvalue weighted by atomic mass is 10.2. The van der Waals surface area contributed by atoms with E-state index in [0.717, 1.165) is 21.1 Å². The van der Waals surface area contributed by atoms with E-state index in [1.54, 1.807) is 24.3 Å². The van der Waals surface area contributed by atoms with Gasteiger partial charge in [0.15, 0.2) is 0 Å². The molecule has 0 fully saturated rings. The third-order valence-corrected chi connectivity index (χ3v) is 4.34. The predicted molar refractivity (Wildman–Crippen MR) is 94.4 cm³/mol. The molecular formula is C17H14BrClN2O. The Morgan fingerprint density at radius 2 is 1.91 bits per heavy atom. The first kappa shape index (κ1) is 15.1. The Kier molecular flexibility index (Phi) is 4.23. The number of fused-ring (bicyclic) bond motifs is 1. The molecule has 2 aromatic carbocycles. The fraction of sp³-hybridized carbons (Fsp3) is 0.118. The first-order valence-corrected chi connectivity index (χ1v) is 8.04. The molecule has 0 bridgehead atoms. The molecule has 0 radical (unpaired) electrons. The van der Waals surface area contributed by atoms with Crippen LogP contribution in [0.3, 0.4) is 0 Å². The quantitative estimate of drug-likeness (QED) is 0.664. The molecule has 1 N–H and O–H groups in total. The number of aromatic nitrogens is 1. The molecule has 1 amide bonds. The second kappa shape index (κ2) is 6.15. The van der Waals surface area contributed by atoms with Gasteiger partial charge in [-0.3, -0.25) is 4.79 Å². The van der Waals surface area contributed by atoms with E-state index in [9.17, 15) is 4.79 Å². The van der Waals surface area contributed by atoms with Crippen molar-refractivity contribution in [1.29, 1.82) is 0 Å². The van der Waals surface area contributed by atoms with Gasteiger partial charge in [-0.25, -0.2) is 0 Å². The topological polar surface area (TPSA) is 34.0 Å². The Balaban J connectivity index is 1.84. The van der Waals surface area contributed by atoms with Crippen molar-refractivity contribution >= 4 is 50.0 Å². The average molecular weight is 378 g/mol. The molecule has 112 valence electrons. The molecule has 1 heterocycles. The summed E-state index contributed by atoms with van der Waals surface area (Å²) in [5.74, 6) is -0.0669. The number of hydrogen-bond donors (Lipinski definition) is 1. The molecule has 3 nitrogen and oxygen atoms in total. The summed E-state index contributed by atoms with van der Waals surface area (Å²) in [5, 5.41) is 4.65. The molecule has 3 rings (SSSR count). The van der Waals surface area contributed by atoms with Crippen molar-refractivity contribution in [3.05, 3.63) is 64.2 Å². The Morgan fingerprint density at radius 1 is 1.18 bits per heavy atom. The molecule has 1 atom stereocenters. The van der Waals surface area contributed by atoms with Crippen LogP contribution in [0.15, 0.2) is 59.2 Å². The van der Waals surface area contributed by atoms with E-state index >= 15 is 0 Å². The van der Waals surface area contributed by atoms with Crippen molar-refractivity contribution in [3.63, 3.8) is 0 Å². The van der Waals surface area contributed by atoms with E-state index in [4.69, 9.17) is 11.6 Å². The summed E-state index contributed by atoms with van der Waals surface area (Å²) in [6.45, 7) is 1.88. The maximum Gasteiger partial charge on any atom is 0.247 e. The number of nitrogens with zero attached hydrogens (tertiary/aromatic N) is 1. The number of rotatable bonds is 3. The average Bonchev–Trinajstić information content (AvgIpc) is 2.91. The Hall–Kier alpha value is -1.78. The minimum Gasteiger partial charge on any atom is -0.335 e. The van der Waals surface area contributed by atoms with Crippen LogP contribution in [0.4, 0.5) is 5.69 Å². The molecule has 1 aromatic heterocycles. The van der Waals surface area contributed by atoms with Gasteiger partial charge in [-0.1, -0.05) is 27.5 Å². The fourth-order valence-corrected chi connectivity index (χ4v) is 2.88. The summed E-state index contributed by atoms with van der Waals surface area (Å²) in [7, 11) is 0. The van der Waals surface area contributed by atoms with Gasteiger partial charge in [-0.15, -0.1) is 0 Å². The van der Waals surface area contributed by atoms with Gasteiger partial charge in [-0.05, 0) is 55.5 Å². The van der Waals surface area contributed by atoms with Gasteiger partial charge in [0.25, 0.3) is 0 Å². The summed E-state index contributed by atoms with van der Waals surface area (Å²) >= 11 is 9.31. The first-order chi connectivity index (χ1) is 10.5. The third kappa shape index (κ3) is 3.03. The SMILES string of the molecule is CC(C(=O)Nc1ccc(Cl)cc1)n1ccc2cc(Br)ccc21. The lowest BCUT2D eigenvalue weighted by Crippen LogP contribution is -2.23. The second-order valence-electron chi connectivity index (χ2n) is 5.10. The van der Waals surface area contributed by atoms with Gasteiger partial charge >= 0.3 is 0 Å². The van der Waals surface area contributed by atoms with Crippen molar-refractivity contribution in [2.75, 3.05) is 5.32 Å². The van der Waals surface area contributed by atoms with Crippen LogP contribution >= 0.6 is 27.5 Å². The van der Waals surface area contributed by atoms with Crippen molar-refractivity contribution in [1.82, 2.24) is 4.57 Å². The standard InChI is InChI=1S/C17H14BrClN2O/c1-11(17(22)20-15-5-3-14(19)4-6-15)21-9-8-12-10-13(18)2-7-16(12)21/h2-11H,1H3,(H,20,22). The molecule has 0 aliphatic heterocycles. The maximum atomic E-state index is 12.4. The van der Waals surface area contributed by atoms with Gasteiger partial charge in [0.05, 0.1) is 0 Å². The second-order valence-corrected chi connectivity index (χ2v) is 6.45. The van der Waals surface area contributed by atoms with Gasteiger partial charge in [0.2, 0.25) is 5.91 Å². The zero-order valence-electron chi connectivity index (χ0n) is 11.9. The van der Waals surface area contributed by atoms with Crippen LogP contribution in [0.2, 0.25) is 5.02 Å². The number of carbonyl (C=O) groups excluding carboxylic acids is 1. The van der Waals surface area contributed by atoms with Crippen LogP contribution in [-0.2, 0) is 4.79 Å².